The van der Waals surface area contributed by atoms with Crippen LogP contribution in [0.3, 0.4) is 0 Å². The average molecular weight is 379 g/mol. The number of carbonyl (C=O) groups is 1. The number of amides is 1. The van der Waals surface area contributed by atoms with E-state index in [1.807, 2.05) is 17.2 Å². The van der Waals surface area contributed by atoms with E-state index >= 15 is 0 Å². The molecule has 4 rings (SSSR count). The molecule has 148 valence electrons. The number of rotatable bonds is 3. The Morgan fingerprint density at radius 1 is 0.929 bits per heavy atom. The van der Waals surface area contributed by atoms with Crippen molar-refractivity contribution in [1.29, 1.82) is 0 Å². The summed E-state index contributed by atoms with van der Waals surface area (Å²) in [6.07, 6.45) is 5.80. The van der Waals surface area contributed by atoms with Gasteiger partial charge in [0.25, 0.3) is 5.91 Å². The van der Waals surface area contributed by atoms with Gasteiger partial charge in [-0.1, -0.05) is 19.1 Å². The van der Waals surface area contributed by atoms with Crippen molar-refractivity contribution in [2.75, 3.05) is 49.1 Å². The van der Waals surface area contributed by atoms with Crippen LogP contribution in [-0.4, -0.2) is 55.1 Å². The predicted molar refractivity (Wildman–Crippen MR) is 114 cm³/mol. The Morgan fingerprint density at radius 2 is 1.61 bits per heavy atom. The number of piperidine rings is 1. The number of hydrogen-bond acceptors (Lipinski definition) is 4. The first-order valence-electron chi connectivity index (χ1n) is 10.4. The summed E-state index contributed by atoms with van der Waals surface area (Å²) in [4.78, 5) is 24.0. The Balaban J connectivity index is 1.40. The van der Waals surface area contributed by atoms with Gasteiger partial charge in [0.05, 0.1) is 17.4 Å². The molecule has 2 aliphatic heterocycles. The van der Waals surface area contributed by atoms with Gasteiger partial charge in [0, 0.05) is 51.2 Å². The third-order valence-corrected chi connectivity index (χ3v) is 6.05. The lowest BCUT2D eigenvalue weighted by molar-refractivity contribution is 0.0697. The molecule has 2 aromatic rings. The number of anilines is 2. The first-order valence-corrected chi connectivity index (χ1v) is 10.4. The van der Waals surface area contributed by atoms with Crippen molar-refractivity contribution in [1.82, 2.24) is 9.88 Å². The molecule has 2 fully saturated rings. The summed E-state index contributed by atoms with van der Waals surface area (Å²) in [5, 5.41) is 0. The van der Waals surface area contributed by atoms with E-state index in [2.05, 4.69) is 52.9 Å². The summed E-state index contributed by atoms with van der Waals surface area (Å²) in [7, 11) is 0. The number of carbonyl (C=O) groups excluding carboxylic acids is 1. The van der Waals surface area contributed by atoms with E-state index in [-0.39, 0.29) is 5.91 Å². The van der Waals surface area contributed by atoms with Gasteiger partial charge in [-0.2, -0.15) is 0 Å². The Kier molecular flexibility index (Phi) is 5.51. The maximum Gasteiger partial charge on any atom is 0.255 e. The van der Waals surface area contributed by atoms with E-state index in [0.717, 1.165) is 63.7 Å². The van der Waals surface area contributed by atoms with Gasteiger partial charge in [-0.3, -0.25) is 9.78 Å². The van der Waals surface area contributed by atoms with Crippen LogP contribution in [0, 0.1) is 12.8 Å². The van der Waals surface area contributed by atoms with Crippen LogP contribution in [-0.2, 0) is 0 Å². The number of pyridine rings is 1. The van der Waals surface area contributed by atoms with Gasteiger partial charge < -0.3 is 14.7 Å². The van der Waals surface area contributed by atoms with Crippen LogP contribution in [0.25, 0.3) is 0 Å². The molecule has 5 nitrogen and oxygen atoms in total. The van der Waals surface area contributed by atoms with Gasteiger partial charge in [-0.25, -0.2) is 0 Å². The fourth-order valence-corrected chi connectivity index (χ4v) is 4.16. The molecule has 0 atom stereocenters. The third kappa shape index (κ3) is 4.13. The molecule has 0 saturated carbocycles. The first-order chi connectivity index (χ1) is 13.6. The normalized spacial score (nSPS) is 18.4. The van der Waals surface area contributed by atoms with E-state index in [1.54, 1.807) is 6.20 Å². The Bertz CT molecular complexity index is 821. The first kappa shape index (κ1) is 18.8. The summed E-state index contributed by atoms with van der Waals surface area (Å²) in [6.45, 7) is 9.95. The molecular weight excluding hydrogens is 348 g/mol. The van der Waals surface area contributed by atoms with Crippen LogP contribution in [0.2, 0.25) is 0 Å². The van der Waals surface area contributed by atoms with Crippen molar-refractivity contribution < 1.29 is 4.79 Å². The molecule has 0 spiro atoms. The molecule has 2 aliphatic rings. The van der Waals surface area contributed by atoms with Gasteiger partial charge in [0.1, 0.15) is 0 Å². The van der Waals surface area contributed by atoms with E-state index < -0.39 is 0 Å². The lowest BCUT2D eigenvalue weighted by atomic mass is 9.99. The molecule has 5 heteroatoms. The number of hydrogen-bond donors (Lipinski definition) is 0. The summed E-state index contributed by atoms with van der Waals surface area (Å²) in [6, 6.07) is 10.7. The molecular formula is C23H30N4O. The van der Waals surface area contributed by atoms with Crippen molar-refractivity contribution in [3.8, 4) is 0 Å². The average Bonchev–Trinajstić information content (AvgIpc) is 2.74. The second-order valence-corrected chi connectivity index (χ2v) is 8.22. The molecule has 0 aliphatic carbocycles. The van der Waals surface area contributed by atoms with Gasteiger partial charge >= 0.3 is 0 Å². The van der Waals surface area contributed by atoms with E-state index in [0.29, 0.717) is 5.56 Å². The number of likely N-dealkylation sites (tertiary alicyclic amines) is 1. The zero-order chi connectivity index (χ0) is 19.5. The van der Waals surface area contributed by atoms with Crippen molar-refractivity contribution in [3.05, 3.63) is 53.9 Å². The topological polar surface area (TPSA) is 39.7 Å². The maximum absolute atomic E-state index is 12.9. The minimum atomic E-state index is 0.125. The molecule has 0 unspecified atom stereocenters. The molecule has 1 aromatic heterocycles. The van der Waals surface area contributed by atoms with Crippen LogP contribution in [0.15, 0.2) is 42.7 Å². The fourth-order valence-electron chi connectivity index (χ4n) is 4.16. The monoisotopic (exact) mass is 378 g/mol. The van der Waals surface area contributed by atoms with Gasteiger partial charge in [0.2, 0.25) is 0 Å². The van der Waals surface area contributed by atoms with E-state index in [9.17, 15) is 4.79 Å². The number of nitrogens with zero attached hydrogens (tertiary/aromatic N) is 4. The standard InChI is InChI=1S/C23H30N4O/c1-18-6-8-27(9-7-18)23(28)20-15-22(17-24-16-20)26-12-10-25(11-13-26)21-5-3-4-19(2)14-21/h3-5,14-18H,6-13H2,1-2H3. The second-order valence-electron chi connectivity index (χ2n) is 8.22. The quantitative estimate of drug-likeness (QED) is 0.818. The smallest absolute Gasteiger partial charge is 0.255 e. The van der Waals surface area contributed by atoms with Crippen LogP contribution >= 0.6 is 0 Å². The summed E-state index contributed by atoms with van der Waals surface area (Å²) in [5.41, 5.74) is 4.36. The van der Waals surface area contributed by atoms with E-state index in [4.69, 9.17) is 0 Å². The van der Waals surface area contributed by atoms with Crippen LogP contribution < -0.4 is 9.80 Å². The number of aromatic nitrogens is 1. The molecule has 1 amide bonds. The molecule has 0 N–H and O–H groups in total. The van der Waals surface area contributed by atoms with Crippen molar-refractivity contribution in [2.24, 2.45) is 5.92 Å². The lowest BCUT2D eigenvalue weighted by Gasteiger charge is -2.37. The van der Waals surface area contributed by atoms with E-state index in [1.165, 1.54) is 11.3 Å². The zero-order valence-electron chi connectivity index (χ0n) is 17.0. The van der Waals surface area contributed by atoms with Crippen LogP contribution in [0.5, 0.6) is 0 Å². The fraction of sp³-hybridized carbons (Fsp3) is 0.478. The molecule has 3 heterocycles. The lowest BCUT2D eigenvalue weighted by Crippen LogP contribution is -2.46. The molecule has 1 aromatic carbocycles. The number of benzene rings is 1. The Hall–Kier alpha value is -2.56. The molecule has 28 heavy (non-hydrogen) atoms. The highest BCUT2D eigenvalue weighted by atomic mass is 16.2. The maximum atomic E-state index is 12.9. The molecule has 2 saturated heterocycles. The SMILES string of the molecule is Cc1cccc(N2CCN(c3cncc(C(=O)N4CCC(C)CC4)c3)CC2)c1. The van der Waals surface area contributed by atoms with Crippen LogP contribution in [0.1, 0.15) is 35.7 Å². The summed E-state index contributed by atoms with van der Waals surface area (Å²) < 4.78 is 0. The Morgan fingerprint density at radius 3 is 2.29 bits per heavy atom. The number of piperazine rings is 1. The highest BCUT2D eigenvalue weighted by molar-refractivity contribution is 5.94. The van der Waals surface area contributed by atoms with Gasteiger partial charge in [-0.15, -0.1) is 0 Å². The molecule has 0 radical (unpaired) electrons. The van der Waals surface area contributed by atoms with Crippen molar-refractivity contribution in [3.63, 3.8) is 0 Å². The molecule has 0 bridgehead atoms. The van der Waals surface area contributed by atoms with Crippen molar-refractivity contribution >= 4 is 17.3 Å². The highest BCUT2D eigenvalue weighted by Crippen LogP contribution is 2.23. The van der Waals surface area contributed by atoms with Crippen molar-refractivity contribution in [2.45, 2.75) is 26.7 Å². The largest absolute Gasteiger partial charge is 0.368 e. The minimum Gasteiger partial charge on any atom is -0.368 e. The van der Waals surface area contributed by atoms with Crippen LogP contribution in [0.4, 0.5) is 11.4 Å². The Labute approximate surface area is 168 Å². The second kappa shape index (κ2) is 8.21. The zero-order valence-corrected chi connectivity index (χ0v) is 17.0. The van der Waals surface area contributed by atoms with Gasteiger partial charge in [0.15, 0.2) is 0 Å². The van der Waals surface area contributed by atoms with Gasteiger partial charge in [-0.05, 0) is 49.4 Å². The number of aryl methyl sites for hydroxylation is 1. The summed E-state index contributed by atoms with van der Waals surface area (Å²) >= 11 is 0. The predicted octanol–water partition coefficient (Wildman–Crippen LogP) is 3.59. The highest BCUT2D eigenvalue weighted by Gasteiger charge is 2.23. The summed E-state index contributed by atoms with van der Waals surface area (Å²) in [5.74, 6) is 0.845. The third-order valence-electron chi connectivity index (χ3n) is 6.05. The minimum absolute atomic E-state index is 0.125.